The molecule has 0 radical (unpaired) electrons. The van der Waals surface area contributed by atoms with Crippen LogP contribution in [0.25, 0.3) is 123 Å². The molecule has 0 spiro atoms. The van der Waals surface area contributed by atoms with Crippen LogP contribution in [0.15, 0.2) is 297 Å². The van der Waals surface area contributed by atoms with Crippen LogP contribution in [0.5, 0.6) is 0 Å². The molecular formula is C81H64N4. The maximum Gasteiger partial charge on any atom is 0.164 e. The van der Waals surface area contributed by atoms with Gasteiger partial charge in [-0.2, -0.15) is 0 Å². The number of allylic oxidation sites excluding steroid dienone is 12. The molecule has 1 aliphatic rings. The fourth-order valence-electron chi connectivity index (χ4n) is 12.2. The largest absolute Gasteiger partial charge is 0.307 e. The van der Waals surface area contributed by atoms with Gasteiger partial charge in [-0.3, -0.25) is 0 Å². The molecule has 0 aliphatic heterocycles. The molecule has 2 heterocycles. The van der Waals surface area contributed by atoms with Crippen molar-refractivity contribution in [3.63, 3.8) is 0 Å². The van der Waals surface area contributed by atoms with E-state index < -0.39 is 0 Å². The Morgan fingerprint density at radius 3 is 1.48 bits per heavy atom. The summed E-state index contributed by atoms with van der Waals surface area (Å²) in [7, 11) is 0. The molecular weight excluding hydrogens is 1030 g/mol. The first-order valence-corrected chi connectivity index (χ1v) is 29.5. The minimum Gasteiger partial charge on any atom is -0.307 e. The standard InChI is InChI=1S/C81H64N4/c1-5-8-28-55(4)68-49-51-70(62-35-21-12-22-36-62)77-74(68)75-69(61-33-19-11-20-34-61)50-52-71(63-37-23-13-24-38-63)78(75)85(77)76-72(64-45-41-59(42-46-64)57-29-15-9-16-30-57)53-67(54-73(76)65-47-43-60(44-48-65)58-31-17-10-18-32-58)81-83-79(56(7-3)27-6-2)82-80(84-81)66-39-25-14-26-40-66/h5-47,49-54,65H,48H2,1-4H3/b8-5-,27-6-,55-28+,56-7+. The van der Waals surface area contributed by atoms with E-state index in [2.05, 4.69) is 291 Å². The van der Waals surface area contributed by atoms with E-state index in [1.54, 1.807) is 0 Å². The van der Waals surface area contributed by atoms with Crippen molar-refractivity contribution in [2.45, 2.75) is 40.0 Å². The second kappa shape index (κ2) is 24.1. The lowest BCUT2D eigenvalue weighted by atomic mass is 9.84. The lowest BCUT2D eigenvalue weighted by Gasteiger charge is -2.27. The molecule has 0 fully saturated rings. The fourth-order valence-corrected chi connectivity index (χ4v) is 12.2. The first kappa shape index (κ1) is 53.7. The number of nitrogens with zero attached hydrogens (tertiary/aromatic N) is 4. The molecule has 1 atom stereocenters. The Bertz CT molecular complexity index is 4590. The highest BCUT2D eigenvalue weighted by molar-refractivity contribution is 6.25. The van der Waals surface area contributed by atoms with Gasteiger partial charge in [0.2, 0.25) is 0 Å². The van der Waals surface area contributed by atoms with Crippen molar-refractivity contribution in [3.8, 4) is 84.1 Å². The Morgan fingerprint density at radius 1 is 0.447 bits per heavy atom. The van der Waals surface area contributed by atoms with Crippen molar-refractivity contribution in [1.82, 2.24) is 19.5 Å². The summed E-state index contributed by atoms with van der Waals surface area (Å²) in [5.41, 5.74) is 23.2. The van der Waals surface area contributed by atoms with Gasteiger partial charge in [-0.25, -0.2) is 15.0 Å². The van der Waals surface area contributed by atoms with E-state index in [0.717, 1.165) is 101 Å². The lowest BCUT2D eigenvalue weighted by molar-refractivity contribution is 0.846. The van der Waals surface area contributed by atoms with E-state index in [1.807, 2.05) is 38.1 Å². The normalized spacial score (nSPS) is 13.8. The van der Waals surface area contributed by atoms with E-state index in [-0.39, 0.29) is 5.92 Å². The molecule has 4 nitrogen and oxygen atoms in total. The summed E-state index contributed by atoms with van der Waals surface area (Å²) in [6.45, 7) is 8.42. The summed E-state index contributed by atoms with van der Waals surface area (Å²) in [5.74, 6) is 1.74. The van der Waals surface area contributed by atoms with Gasteiger partial charge in [-0.1, -0.05) is 285 Å². The molecule has 1 unspecified atom stereocenters. The minimum atomic E-state index is -0.0848. The zero-order chi connectivity index (χ0) is 57.6. The highest BCUT2D eigenvalue weighted by atomic mass is 15.0. The third-order valence-electron chi connectivity index (χ3n) is 16.4. The van der Waals surface area contributed by atoms with E-state index in [9.17, 15) is 0 Å². The van der Waals surface area contributed by atoms with Gasteiger partial charge in [0.05, 0.1) is 16.7 Å². The lowest BCUT2D eigenvalue weighted by Crippen LogP contribution is -2.10. The summed E-state index contributed by atoms with van der Waals surface area (Å²) < 4.78 is 2.68. The van der Waals surface area contributed by atoms with Crippen LogP contribution in [0.1, 0.15) is 62.5 Å². The average molecular weight is 1090 g/mol. The van der Waals surface area contributed by atoms with E-state index in [1.165, 1.54) is 33.0 Å². The molecule has 1 aliphatic carbocycles. The first-order valence-electron chi connectivity index (χ1n) is 29.5. The van der Waals surface area contributed by atoms with Gasteiger partial charge in [-0.15, -0.1) is 0 Å². The number of hydrogen-bond donors (Lipinski definition) is 0. The summed E-state index contributed by atoms with van der Waals surface area (Å²) in [6.07, 6.45) is 20.7. The molecule has 0 amide bonds. The Morgan fingerprint density at radius 2 is 0.929 bits per heavy atom. The van der Waals surface area contributed by atoms with Gasteiger partial charge >= 0.3 is 0 Å². The van der Waals surface area contributed by atoms with E-state index in [0.29, 0.717) is 17.5 Å². The molecule has 0 saturated heterocycles. The summed E-state index contributed by atoms with van der Waals surface area (Å²) >= 11 is 0. The van der Waals surface area contributed by atoms with Gasteiger partial charge in [0.1, 0.15) is 0 Å². The van der Waals surface area contributed by atoms with Crippen LogP contribution in [0.3, 0.4) is 0 Å². The topological polar surface area (TPSA) is 43.6 Å². The molecule has 13 rings (SSSR count). The number of fused-ring (bicyclic) bond motifs is 3. The molecule has 4 heteroatoms. The number of benzene rings is 10. The predicted molar refractivity (Wildman–Crippen MR) is 360 cm³/mol. The number of hydrogen-bond acceptors (Lipinski definition) is 3. The van der Waals surface area contributed by atoms with Gasteiger partial charge in [0.25, 0.3) is 0 Å². The third-order valence-corrected chi connectivity index (χ3v) is 16.4. The van der Waals surface area contributed by atoms with Crippen LogP contribution in [0.2, 0.25) is 0 Å². The molecule has 12 aromatic rings. The van der Waals surface area contributed by atoms with Crippen molar-refractivity contribution < 1.29 is 0 Å². The van der Waals surface area contributed by atoms with E-state index >= 15 is 0 Å². The molecule has 10 aromatic carbocycles. The zero-order valence-corrected chi connectivity index (χ0v) is 48.4. The summed E-state index contributed by atoms with van der Waals surface area (Å²) in [5, 5.41) is 2.38. The second-order valence-electron chi connectivity index (χ2n) is 21.6. The number of aromatic nitrogens is 4. The van der Waals surface area contributed by atoms with Crippen LogP contribution in [-0.4, -0.2) is 19.5 Å². The molecule has 2 aromatic heterocycles. The molecule has 85 heavy (non-hydrogen) atoms. The summed E-state index contributed by atoms with van der Waals surface area (Å²) in [6, 6.07) is 87.9. The maximum absolute atomic E-state index is 5.46. The second-order valence-corrected chi connectivity index (χ2v) is 21.6. The van der Waals surface area contributed by atoms with Crippen molar-refractivity contribution in [2.24, 2.45) is 0 Å². The molecule has 0 bridgehead atoms. The minimum absolute atomic E-state index is 0.0848. The monoisotopic (exact) mass is 1090 g/mol. The van der Waals surface area contributed by atoms with Crippen LogP contribution >= 0.6 is 0 Å². The smallest absolute Gasteiger partial charge is 0.164 e. The van der Waals surface area contributed by atoms with Crippen LogP contribution < -0.4 is 0 Å². The Balaban J connectivity index is 1.25. The highest BCUT2D eigenvalue weighted by Crippen LogP contribution is 2.52. The third kappa shape index (κ3) is 10.6. The van der Waals surface area contributed by atoms with Gasteiger partial charge < -0.3 is 4.57 Å². The molecule has 0 saturated carbocycles. The highest BCUT2D eigenvalue weighted by Gasteiger charge is 2.31. The Hall–Kier alpha value is -10.6. The Kier molecular flexibility index (Phi) is 15.2. The zero-order valence-electron chi connectivity index (χ0n) is 48.4. The van der Waals surface area contributed by atoms with E-state index in [4.69, 9.17) is 15.0 Å². The van der Waals surface area contributed by atoms with Gasteiger partial charge in [-0.05, 0) is 113 Å². The number of rotatable bonds is 14. The van der Waals surface area contributed by atoms with Crippen LogP contribution in [-0.2, 0) is 0 Å². The fraction of sp³-hybridized carbons (Fsp3) is 0.0741. The average Bonchev–Trinajstić information content (AvgIpc) is 1.65. The predicted octanol–water partition coefficient (Wildman–Crippen LogP) is 21.7. The first-order chi connectivity index (χ1) is 42.0. The van der Waals surface area contributed by atoms with Crippen molar-refractivity contribution in [1.29, 1.82) is 0 Å². The van der Waals surface area contributed by atoms with Crippen molar-refractivity contribution in [3.05, 3.63) is 320 Å². The van der Waals surface area contributed by atoms with Crippen molar-refractivity contribution in [2.75, 3.05) is 0 Å². The quantitative estimate of drug-likeness (QED) is 0.102. The van der Waals surface area contributed by atoms with Crippen LogP contribution in [0.4, 0.5) is 0 Å². The SMILES string of the molecule is C/C=C\C=C(/C)c1ccc(-c2ccccc2)c2c1c1c(-c3ccccc3)ccc(-c3ccccc3)c1n2-c1c(-c2ccc(-c3ccccc3)cc2)cc(-c2nc(C(/C=C\C)=C/C)nc(-c3ccccc3)n2)cc1C1C=CC(c2ccccc2)=CC1. The molecule has 408 valence electrons. The maximum atomic E-state index is 5.46. The molecule has 0 N–H and O–H groups in total. The van der Waals surface area contributed by atoms with Gasteiger partial charge in [0.15, 0.2) is 17.5 Å². The van der Waals surface area contributed by atoms with Crippen molar-refractivity contribution >= 4 is 38.5 Å². The summed E-state index contributed by atoms with van der Waals surface area (Å²) in [4.78, 5) is 16.1. The Labute approximate surface area is 499 Å². The van der Waals surface area contributed by atoms with Gasteiger partial charge in [0, 0.05) is 50.1 Å². The van der Waals surface area contributed by atoms with Crippen LogP contribution in [0, 0.1) is 0 Å².